The maximum atomic E-state index is 12.3. The van der Waals surface area contributed by atoms with Gasteiger partial charge in [0.05, 0.1) is 5.92 Å². The lowest BCUT2D eigenvalue weighted by Crippen LogP contribution is -2.45. The molecule has 130 valence electrons. The Labute approximate surface area is 153 Å². The molecular formula is C19H29IO3. The zero-order valence-corrected chi connectivity index (χ0v) is 16.7. The van der Waals surface area contributed by atoms with Crippen LogP contribution in [0.1, 0.15) is 47.0 Å². The summed E-state index contributed by atoms with van der Waals surface area (Å²) in [4.78, 5) is 23.9. The molecule has 0 amide bonds. The van der Waals surface area contributed by atoms with E-state index in [4.69, 9.17) is 0 Å². The van der Waals surface area contributed by atoms with Gasteiger partial charge in [-0.3, -0.25) is 9.59 Å². The highest BCUT2D eigenvalue weighted by Gasteiger charge is 2.47. The Kier molecular flexibility index (Phi) is 6.31. The average molecular weight is 432 g/mol. The smallest absolute Gasteiger partial charge is 0.306 e. The summed E-state index contributed by atoms with van der Waals surface area (Å²) in [5.41, 5.74) is 1.38. The molecule has 0 unspecified atom stereocenters. The Balaban J connectivity index is 2.37. The number of fused-ring (bicyclic) bond motifs is 1. The molecule has 0 heterocycles. The predicted molar refractivity (Wildman–Crippen MR) is 101 cm³/mol. The van der Waals surface area contributed by atoms with E-state index in [9.17, 15) is 14.7 Å². The second-order valence-electron chi connectivity index (χ2n) is 7.92. The minimum Gasteiger partial charge on any atom is -0.481 e. The summed E-state index contributed by atoms with van der Waals surface area (Å²) in [5.74, 6) is 1.27. The molecule has 2 aliphatic rings. The first-order valence-corrected chi connectivity index (χ1v) is 10.3. The van der Waals surface area contributed by atoms with Crippen LogP contribution in [0, 0.1) is 41.4 Å². The zero-order chi connectivity index (χ0) is 17.3. The molecule has 3 nitrogen and oxygen atoms in total. The molecule has 1 N–H and O–H groups in total. The van der Waals surface area contributed by atoms with E-state index >= 15 is 0 Å². The van der Waals surface area contributed by atoms with Crippen LogP contribution in [0.15, 0.2) is 11.6 Å². The summed E-state index contributed by atoms with van der Waals surface area (Å²) in [6.45, 7) is 8.49. The molecule has 0 aromatic heterocycles. The van der Waals surface area contributed by atoms with Crippen LogP contribution in [-0.4, -0.2) is 21.3 Å². The van der Waals surface area contributed by atoms with Gasteiger partial charge in [-0.05, 0) is 48.9 Å². The summed E-state index contributed by atoms with van der Waals surface area (Å²) in [6.07, 6.45) is 4.43. The summed E-state index contributed by atoms with van der Waals surface area (Å²) in [6, 6.07) is 0. The second-order valence-corrected chi connectivity index (χ2v) is 8.80. The number of rotatable bonds is 5. The van der Waals surface area contributed by atoms with Gasteiger partial charge in [-0.1, -0.05) is 55.0 Å². The van der Waals surface area contributed by atoms with E-state index in [0.29, 0.717) is 36.5 Å². The minimum absolute atomic E-state index is 0.0430. The second kappa shape index (κ2) is 7.66. The molecule has 0 bridgehead atoms. The normalized spacial score (nSPS) is 33.8. The van der Waals surface area contributed by atoms with Gasteiger partial charge < -0.3 is 5.11 Å². The van der Waals surface area contributed by atoms with Gasteiger partial charge in [0.1, 0.15) is 5.78 Å². The van der Waals surface area contributed by atoms with Gasteiger partial charge in [-0.15, -0.1) is 0 Å². The van der Waals surface area contributed by atoms with Crippen LogP contribution in [0.4, 0.5) is 0 Å². The van der Waals surface area contributed by atoms with Crippen LogP contribution in [0.5, 0.6) is 0 Å². The van der Waals surface area contributed by atoms with Gasteiger partial charge in [0.15, 0.2) is 0 Å². The summed E-state index contributed by atoms with van der Waals surface area (Å²) in [5, 5.41) is 9.45. The van der Waals surface area contributed by atoms with E-state index in [1.807, 2.05) is 0 Å². The quantitative estimate of drug-likeness (QED) is 0.393. The first-order chi connectivity index (χ1) is 10.8. The molecule has 0 aromatic carbocycles. The van der Waals surface area contributed by atoms with E-state index in [1.165, 1.54) is 5.57 Å². The maximum absolute atomic E-state index is 12.3. The highest BCUT2D eigenvalue weighted by molar-refractivity contribution is 14.1. The molecule has 6 atom stereocenters. The van der Waals surface area contributed by atoms with Gasteiger partial charge in [-0.25, -0.2) is 0 Å². The van der Waals surface area contributed by atoms with Crippen molar-refractivity contribution < 1.29 is 14.7 Å². The summed E-state index contributed by atoms with van der Waals surface area (Å²) >= 11 is 2.47. The third kappa shape index (κ3) is 3.99. The number of alkyl halides is 1. The number of aliphatic carboxylic acids is 1. The van der Waals surface area contributed by atoms with Gasteiger partial charge >= 0.3 is 5.97 Å². The van der Waals surface area contributed by atoms with Gasteiger partial charge in [0, 0.05) is 17.3 Å². The molecule has 0 aliphatic heterocycles. The standard InChI is InChI=1S/C19H29IO3/c1-10(2)18(9-20)16-6-11(3)5-15-14(12(4)19(22)23)7-13(21)8-17(15)16/h5,10,12,14-18H,6-9H2,1-4H3,(H,22,23)/t12-,14-,15+,16+,17-,18+/m0/s1. The number of allylic oxidation sites excluding steroid dienone is 2. The molecule has 0 spiro atoms. The average Bonchev–Trinajstić information content (AvgIpc) is 2.46. The van der Waals surface area contributed by atoms with E-state index in [1.54, 1.807) is 6.92 Å². The SMILES string of the molecule is CC1=C[C@@H]2[C@H]([C@H](C)C(=O)O)CC(=O)C[C@@H]2[C@H]([C@H](CI)C(C)C)C1. The van der Waals surface area contributed by atoms with Crippen molar-refractivity contribution in [1.82, 2.24) is 0 Å². The number of hydrogen-bond donors (Lipinski definition) is 1. The summed E-state index contributed by atoms with van der Waals surface area (Å²) in [7, 11) is 0. The molecule has 0 radical (unpaired) electrons. The van der Waals surface area contributed by atoms with Crippen LogP contribution in [0.2, 0.25) is 0 Å². The number of Topliss-reactive ketones (excluding diaryl/α,β-unsaturated/α-hetero) is 1. The Bertz CT molecular complexity index is 497. The Morgan fingerprint density at radius 3 is 2.43 bits per heavy atom. The minimum atomic E-state index is -0.772. The molecule has 0 aromatic rings. The predicted octanol–water partition coefficient (Wildman–Crippen LogP) is 4.59. The van der Waals surface area contributed by atoms with Crippen LogP contribution < -0.4 is 0 Å². The van der Waals surface area contributed by atoms with Crippen LogP contribution in [0.25, 0.3) is 0 Å². The van der Waals surface area contributed by atoms with Gasteiger partial charge in [0.25, 0.3) is 0 Å². The van der Waals surface area contributed by atoms with Crippen molar-refractivity contribution in [3.63, 3.8) is 0 Å². The Morgan fingerprint density at radius 2 is 1.91 bits per heavy atom. The monoisotopic (exact) mass is 432 g/mol. The lowest BCUT2D eigenvalue weighted by atomic mass is 9.57. The molecule has 0 saturated heterocycles. The Morgan fingerprint density at radius 1 is 1.26 bits per heavy atom. The molecule has 23 heavy (non-hydrogen) atoms. The fraction of sp³-hybridized carbons (Fsp3) is 0.789. The van der Waals surface area contributed by atoms with Gasteiger partial charge in [-0.2, -0.15) is 0 Å². The van der Waals surface area contributed by atoms with Crippen LogP contribution >= 0.6 is 22.6 Å². The van der Waals surface area contributed by atoms with Crippen LogP contribution in [-0.2, 0) is 9.59 Å². The fourth-order valence-electron chi connectivity index (χ4n) is 4.75. The number of carboxylic acid groups (broad SMARTS) is 1. The lowest BCUT2D eigenvalue weighted by Gasteiger charge is -2.47. The molecule has 1 saturated carbocycles. The van der Waals surface area contributed by atoms with Crippen molar-refractivity contribution in [3.8, 4) is 0 Å². The summed E-state index contributed by atoms with van der Waals surface area (Å²) < 4.78 is 1.10. The van der Waals surface area contributed by atoms with E-state index < -0.39 is 11.9 Å². The first kappa shape index (κ1) is 18.9. The fourth-order valence-corrected chi connectivity index (χ4v) is 6.42. The van der Waals surface area contributed by atoms with E-state index in [-0.39, 0.29) is 17.6 Å². The Hall–Kier alpha value is -0.390. The third-order valence-electron chi connectivity index (χ3n) is 6.12. The number of ketones is 1. The van der Waals surface area contributed by atoms with Gasteiger partial charge in [0.2, 0.25) is 0 Å². The van der Waals surface area contributed by atoms with Crippen molar-refractivity contribution in [3.05, 3.63) is 11.6 Å². The number of hydrogen-bond acceptors (Lipinski definition) is 2. The zero-order valence-electron chi connectivity index (χ0n) is 14.6. The topological polar surface area (TPSA) is 54.4 Å². The van der Waals surface area contributed by atoms with Crippen molar-refractivity contribution in [1.29, 1.82) is 0 Å². The van der Waals surface area contributed by atoms with Crippen molar-refractivity contribution in [2.45, 2.75) is 47.0 Å². The van der Waals surface area contributed by atoms with Crippen molar-refractivity contribution in [2.75, 3.05) is 4.43 Å². The molecule has 2 aliphatic carbocycles. The van der Waals surface area contributed by atoms with E-state index in [2.05, 4.69) is 49.4 Å². The van der Waals surface area contributed by atoms with Crippen molar-refractivity contribution >= 4 is 34.3 Å². The number of carbonyl (C=O) groups is 2. The molecule has 2 rings (SSSR count). The van der Waals surface area contributed by atoms with Crippen molar-refractivity contribution in [2.24, 2.45) is 41.4 Å². The number of carbonyl (C=O) groups excluding carboxylic acids is 1. The highest BCUT2D eigenvalue weighted by atomic mass is 127. The largest absolute Gasteiger partial charge is 0.481 e. The van der Waals surface area contributed by atoms with E-state index in [0.717, 1.165) is 10.8 Å². The molecule has 1 fully saturated rings. The van der Waals surface area contributed by atoms with Crippen LogP contribution in [0.3, 0.4) is 0 Å². The number of halogens is 1. The molecular weight excluding hydrogens is 403 g/mol. The number of carboxylic acids is 1. The maximum Gasteiger partial charge on any atom is 0.306 e. The molecule has 4 heteroatoms. The first-order valence-electron chi connectivity index (χ1n) is 8.74. The lowest BCUT2D eigenvalue weighted by molar-refractivity contribution is -0.145. The highest BCUT2D eigenvalue weighted by Crippen LogP contribution is 2.50. The third-order valence-corrected chi connectivity index (χ3v) is 7.13.